The molecule has 0 spiro atoms. The highest BCUT2D eigenvalue weighted by atomic mass is 16.5. The fraction of sp³-hybridized carbons (Fsp3) is 0.562. The van der Waals surface area contributed by atoms with Crippen LogP contribution in [0.5, 0.6) is 0 Å². The van der Waals surface area contributed by atoms with Crippen LogP contribution in [0.25, 0.3) is 0 Å². The molecule has 102 valence electrons. The monoisotopic (exact) mass is 260 g/mol. The third-order valence-electron chi connectivity index (χ3n) is 5.08. The molecular formula is C16H20O3. The molecule has 3 rings (SSSR count). The summed E-state index contributed by atoms with van der Waals surface area (Å²) in [5.41, 5.74) is 2.76. The Hall–Kier alpha value is -1.35. The Bertz CT molecular complexity index is 527. The van der Waals surface area contributed by atoms with Crippen molar-refractivity contribution in [1.29, 1.82) is 0 Å². The minimum Gasteiger partial charge on any atom is -0.481 e. The summed E-state index contributed by atoms with van der Waals surface area (Å²) in [6.45, 7) is 4.63. The summed E-state index contributed by atoms with van der Waals surface area (Å²) in [4.78, 5) is 11.6. The molecule has 1 heterocycles. The molecule has 19 heavy (non-hydrogen) atoms. The first-order chi connectivity index (χ1) is 8.97. The van der Waals surface area contributed by atoms with Gasteiger partial charge in [-0.15, -0.1) is 0 Å². The van der Waals surface area contributed by atoms with E-state index in [4.69, 9.17) is 4.74 Å². The normalized spacial score (nSPS) is 20.7. The lowest BCUT2D eigenvalue weighted by atomic mass is 9.60. The molecule has 1 fully saturated rings. The number of hydrogen-bond donors (Lipinski definition) is 1. The van der Waals surface area contributed by atoms with E-state index >= 15 is 0 Å². The molecule has 0 amide bonds. The Balaban J connectivity index is 2.05. The van der Waals surface area contributed by atoms with Crippen LogP contribution in [-0.2, 0) is 27.8 Å². The van der Waals surface area contributed by atoms with E-state index in [2.05, 4.69) is 18.2 Å². The summed E-state index contributed by atoms with van der Waals surface area (Å²) in [6.07, 6.45) is 3.49. The smallest absolute Gasteiger partial charge is 0.310 e. The van der Waals surface area contributed by atoms with Crippen LogP contribution < -0.4 is 0 Å². The van der Waals surface area contributed by atoms with Gasteiger partial charge in [-0.05, 0) is 49.8 Å². The number of fused-ring (bicyclic) bond motifs is 1. The highest BCUT2D eigenvalue weighted by Gasteiger charge is 2.56. The predicted octanol–water partition coefficient (Wildman–Crippen LogP) is 2.55. The van der Waals surface area contributed by atoms with Gasteiger partial charge in [0, 0.05) is 0 Å². The van der Waals surface area contributed by atoms with E-state index in [1.807, 2.05) is 13.8 Å². The molecule has 1 aliphatic heterocycles. The number of carbonyl (C=O) groups is 1. The fourth-order valence-electron chi connectivity index (χ4n) is 3.27. The van der Waals surface area contributed by atoms with Crippen molar-refractivity contribution in [3.63, 3.8) is 0 Å². The van der Waals surface area contributed by atoms with Crippen molar-refractivity contribution in [2.45, 2.75) is 38.5 Å². The minimum atomic E-state index is -0.807. The van der Waals surface area contributed by atoms with Crippen LogP contribution in [0, 0.1) is 5.41 Å². The molecular weight excluding hydrogens is 240 g/mol. The largest absolute Gasteiger partial charge is 0.481 e. The van der Waals surface area contributed by atoms with E-state index in [1.165, 1.54) is 17.5 Å². The number of rotatable bonds is 3. The quantitative estimate of drug-likeness (QED) is 0.908. The minimum absolute atomic E-state index is 0.379. The lowest BCUT2D eigenvalue weighted by Crippen LogP contribution is -2.59. The number of carboxylic acids is 1. The van der Waals surface area contributed by atoms with E-state index < -0.39 is 11.4 Å². The van der Waals surface area contributed by atoms with Crippen LogP contribution in [0.1, 0.15) is 37.0 Å². The highest BCUT2D eigenvalue weighted by molar-refractivity contribution is 5.77. The summed E-state index contributed by atoms with van der Waals surface area (Å²) in [5, 5.41) is 9.54. The van der Waals surface area contributed by atoms with E-state index in [9.17, 15) is 9.90 Å². The molecule has 1 saturated heterocycles. The molecule has 1 aromatic carbocycles. The SMILES string of the molecule is CC(C)(C(=O)O)C1(c2ccc3c(c2)CCC3)COC1. The van der Waals surface area contributed by atoms with Gasteiger partial charge in [0.15, 0.2) is 0 Å². The highest BCUT2D eigenvalue weighted by Crippen LogP contribution is 2.48. The number of carboxylic acid groups (broad SMARTS) is 1. The molecule has 0 aromatic heterocycles. The predicted molar refractivity (Wildman–Crippen MR) is 72.4 cm³/mol. The Morgan fingerprint density at radius 1 is 1.26 bits per heavy atom. The van der Waals surface area contributed by atoms with Crippen molar-refractivity contribution >= 4 is 5.97 Å². The molecule has 3 heteroatoms. The van der Waals surface area contributed by atoms with E-state index in [0.717, 1.165) is 18.4 Å². The van der Waals surface area contributed by atoms with Crippen LogP contribution in [-0.4, -0.2) is 24.3 Å². The third kappa shape index (κ3) is 1.64. The van der Waals surface area contributed by atoms with Gasteiger partial charge in [-0.2, -0.15) is 0 Å². The zero-order chi connectivity index (χ0) is 13.7. The average molecular weight is 260 g/mol. The number of aryl methyl sites for hydroxylation is 2. The molecule has 1 aliphatic carbocycles. The zero-order valence-corrected chi connectivity index (χ0v) is 11.5. The van der Waals surface area contributed by atoms with Gasteiger partial charge in [0.2, 0.25) is 0 Å². The van der Waals surface area contributed by atoms with Gasteiger partial charge < -0.3 is 9.84 Å². The maximum Gasteiger partial charge on any atom is 0.310 e. The van der Waals surface area contributed by atoms with Crippen molar-refractivity contribution < 1.29 is 14.6 Å². The van der Waals surface area contributed by atoms with Crippen LogP contribution in [0.3, 0.4) is 0 Å². The van der Waals surface area contributed by atoms with Gasteiger partial charge in [0.1, 0.15) is 0 Å². The zero-order valence-electron chi connectivity index (χ0n) is 11.5. The first-order valence-electron chi connectivity index (χ1n) is 6.91. The van der Waals surface area contributed by atoms with Crippen LogP contribution in [0.4, 0.5) is 0 Å². The fourth-order valence-corrected chi connectivity index (χ4v) is 3.27. The molecule has 0 saturated carbocycles. The third-order valence-corrected chi connectivity index (χ3v) is 5.08. The molecule has 0 bridgehead atoms. The standard InChI is InChI=1S/C16H20O3/c1-15(2,14(17)18)16(9-19-10-16)13-7-6-11-4-3-5-12(11)8-13/h6-8H,3-5,9-10H2,1-2H3,(H,17,18). The van der Waals surface area contributed by atoms with Gasteiger partial charge in [0.25, 0.3) is 0 Å². The van der Waals surface area contributed by atoms with Gasteiger partial charge in [-0.1, -0.05) is 18.2 Å². The van der Waals surface area contributed by atoms with Gasteiger partial charge in [0.05, 0.1) is 24.0 Å². The Kier molecular flexibility index (Phi) is 2.72. The maximum atomic E-state index is 11.6. The number of ether oxygens (including phenoxy) is 1. The summed E-state index contributed by atoms with van der Waals surface area (Å²) >= 11 is 0. The second-order valence-electron chi connectivity index (χ2n) is 6.34. The lowest BCUT2D eigenvalue weighted by molar-refractivity contribution is -0.171. The second-order valence-corrected chi connectivity index (χ2v) is 6.34. The molecule has 0 unspecified atom stereocenters. The topological polar surface area (TPSA) is 46.5 Å². The molecule has 1 N–H and O–H groups in total. The Labute approximate surface area is 113 Å². The molecule has 3 nitrogen and oxygen atoms in total. The number of aliphatic carboxylic acids is 1. The van der Waals surface area contributed by atoms with Crippen LogP contribution in [0.15, 0.2) is 18.2 Å². The van der Waals surface area contributed by atoms with Crippen molar-refractivity contribution in [2.24, 2.45) is 5.41 Å². The molecule has 0 radical (unpaired) electrons. The average Bonchev–Trinajstić information content (AvgIpc) is 2.74. The van der Waals surface area contributed by atoms with Crippen LogP contribution >= 0.6 is 0 Å². The van der Waals surface area contributed by atoms with E-state index in [1.54, 1.807) is 0 Å². The molecule has 2 aliphatic rings. The second kappa shape index (κ2) is 4.07. The van der Waals surface area contributed by atoms with E-state index in [0.29, 0.717) is 13.2 Å². The van der Waals surface area contributed by atoms with Gasteiger partial charge in [-0.25, -0.2) is 0 Å². The summed E-state index contributed by atoms with van der Waals surface area (Å²) < 4.78 is 5.39. The maximum absolute atomic E-state index is 11.6. The lowest BCUT2D eigenvalue weighted by Gasteiger charge is -2.50. The van der Waals surface area contributed by atoms with Crippen molar-refractivity contribution in [3.8, 4) is 0 Å². The summed E-state index contributed by atoms with van der Waals surface area (Å²) in [6, 6.07) is 6.50. The molecule has 1 aromatic rings. The summed E-state index contributed by atoms with van der Waals surface area (Å²) in [7, 11) is 0. The first kappa shape index (κ1) is 12.7. The number of benzene rings is 1. The van der Waals surface area contributed by atoms with Crippen molar-refractivity contribution in [1.82, 2.24) is 0 Å². The Morgan fingerprint density at radius 2 is 1.95 bits per heavy atom. The van der Waals surface area contributed by atoms with E-state index in [-0.39, 0.29) is 5.41 Å². The van der Waals surface area contributed by atoms with Crippen LogP contribution in [0.2, 0.25) is 0 Å². The van der Waals surface area contributed by atoms with Gasteiger partial charge in [-0.3, -0.25) is 4.79 Å². The summed E-state index contributed by atoms with van der Waals surface area (Å²) in [5.74, 6) is -0.753. The first-order valence-corrected chi connectivity index (χ1v) is 6.91. The molecule has 0 atom stereocenters. The van der Waals surface area contributed by atoms with Crippen molar-refractivity contribution in [2.75, 3.05) is 13.2 Å². The van der Waals surface area contributed by atoms with Gasteiger partial charge >= 0.3 is 5.97 Å². The Morgan fingerprint density at radius 3 is 2.53 bits per heavy atom. The van der Waals surface area contributed by atoms with Crippen molar-refractivity contribution in [3.05, 3.63) is 34.9 Å². The number of hydrogen-bond acceptors (Lipinski definition) is 2.